The van der Waals surface area contributed by atoms with Gasteiger partial charge >= 0.3 is 10.2 Å². The number of hydrogen-bond donors (Lipinski definition) is 3. The van der Waals surface area contributed by atoms with Crippen molar-refractivity contribution in [2.45, 2.75) is 49.9 Å². The first-order valence-corrected chi connectivity index (χ1v) is 12.8. The van der Waals surface area contributed by atoms with E-state index in [0.29, 0.717) is 19.6 Å². The molecule has 0 unspecified atom stereocenters. The molecule has 0 spiro atoms. The minimum absolute atomic E-state index is 0.0139. The molecule has 1 aliphatic heterocycles. The van der Waals surface area contributed by atoms with Crippen molar-refractivity contribution in [1.29, 1.82) is 0 Å². The van der Waals surface area contributed by atoms with Gasteiger partial charge in [-0.2, -0.15) is 17.7 Å². The number of thioether (sulfide) groups is 1. The fourth-order valence-corrected chi connectivity index (χ4v) is 5.23. The number of aliphatic hydroxyl groups excluding tert-OH is 1. The fourth-order valence-electron chi connectivity index (χ4n) is 3.04. The Labute approximate surface area is 196 Å². The van der Waals surface area contributed by atoms with Gasteiger partial charge in [0.05, 0.1) is 6.10 Å². The molecule has 3 atom stereocenters. The largest absolute Gasteiger partial charge is 0.472 e. The number of rotatable bonds is 9. The summed E-state index contributed by atoms with van der Waals surface area (Å²) in [5.41, 5.74) is 0.115. The van der Waals surface area contributed by atoms with Crippen LogP contribution in [0.4, 0.5) is 14.6 Å². The molecular formula is C20H27F2N5O4S2. The van der Waals surface area contributed by atoms with Crippen LogP contribution in [0.2, 0.25) is 0 Å². The van der Waals surface area contributed by atoms with Gasteiger partial charge in [-0.25, -0.2) is 13.8 Å². The third kappa shape index (κ3) is 6.73. The SMILES string of the molecule is C[C@@H](O)[C@@H](C)Oc1cc(NS(=O)(=O)N2CCNC[C@@H]2C)nc(SCc2cccc(F)c2F)n1. The maximum atomic E-state index is 14.0. The van der Waals surface area contributed by atoms with Crippen LogP contribution in [0.5, 0.6) is 5.88 Å². The topological polar surface area (TPSA) is 117 Å². The lowest BCUT2D eigenvalue weighted by molar-refractivity contribution is 0.0569. The number of ether oxygens (including phenoxy) is 1. The van der Waals surface area contributed by atoms with Gasteiger partial charge in [0.25, 0.3) is 0 Å². The molecule has 0 amide bonds. The Morgan fingerprint density at radius 3 is 2.82 bits per heavy atom. The number of hydrogen-bond acceptors (Lipinski definition) is 8. The third-order valence-electron chi connectivity index (χ3n) is 5.04. The summed E-state index contributed by atoms with van der Waals surface area (Å²) in [6.45, 7) is 6.31. The van der Waals surface area contributed by atoms with Gasteiger partial charge in [0.1, 0.15) is 11.9 Å². The van der Waals surface area contributed by atoms with Gasteiger partial charge in [-0.15, -0.1) is 0 Å². The van der Waals surface area contributed by atoms with Gasteiger partial charge in [-0.05, 0) is 26.8 Å². The van der Waals surface area contributed by atoms with Gasteiger partial charge in [0.15, 0.2) is 16.8 Å². The van der Waals surface area contributed by atoms with Crippen LogP contribution in [0.15, 0.2) is 29.4 Å². The number of nitrogens with zero attached hydrogens (tertiary/aromatic N) is 3. The summed E-state index contributed by atoms with van der Waals surface area (Å²) in [6, 6.07) is 4.92. The molecule has 9 nitrogen and oxygen atoms in total. The number of anilines is 1. The van der Waals surface area contributed by atoms with Crippen LogP contribution in [0.1, 0.15) is 26.3 Å². The van der Waals surface area contributed by atoms with E-state index in [9.17, 15) is 22.3 Å². The van der Waals surface area contributed by atoms with E-state index in [0.717, 1.165) is 17.8 Å². The van der Waals surface area contributed by atoms with Gasteiger partial charge in [0, 0.05) is 43.1 Å². The van der Waals surface area contributed by atoms with E-state index in [1.807, 2.05) is 0 Å². The molecule has 2 heterocycles. The van der Waals surface area contributed by atoms with E-state index < -0.39 is 34.1 Å². The monoisotopic (exact) mass is 503 g/mol. The van der Waals surface area contributed by atoms with Crippen LogP contribution in [0.25, 0.3) is 0 Å². The Bertz CT molecular complexity index is 1070. The van der Waals surface area contributed by atoms with Gasteiger partial charge in [-0.1, -0.05) is 23.9 Å². The van der Waals surface area contributed by atoms with E-state index in [2.05, 4.69) is 20.0 Å². The van der Waals surface area contributed by atoms with Crippen molar-refractivity contribution in [3.05, 3.63) is 41.5 Å². The molecule has 182 valence electrons. The molecule has 0 radical (unpaired) electrons. The molecule has 3 N–H and O–H groups in total. The number of aliphatic hydroxyl groups is 1. The third-order valence-corrected chi connectivity index (χ3v) is 7.56. The first kappa shape index (κ1) is 25.6. The molecule has 33 heavy (non-hydrogen) atoms. The normalized spacial score (nSPS) is 19.2. The Balaban J connectivity index is 1.86. The van der Waals surface area contributed by atoms with Crippen LogP contribution >= 0.6 is 11.8 Å². The average Bonchev–Trinajstić information content (AvgIpc) is 2.74. The summed E-state index contributed by atoms with van der Waals surface area (Å²) in [6.07, 6.45) is -1.43. The first-order valence-electron chi connectivity index (χ1n) is 10.4. The van der Waals surface area contributed by atoms with Crippen molar-refractivity contribution in [2.75, 3.05) is 24.4 Å². The summed E-state index contributed by atoms with van der Waals surface area (Å²) in [5, 5.41) is 13.0. The van der Waals surface area contributed by atoms with Crippen molar-refractivity contribution < 1.29 is 27.0 Å². The highest BCUT2D eigenvalue weighted by Crippen LogP contribution is 2.27. The first-order chi connectivity index (χ1) is 15.6. The molecule has 2 aromatic rings. The number of aromatic nitrogens is 2. The number of nitrogens with one attached hydrogen (secondary N) is 2. The number of benzene rings is 1. The lowest BCUT2D eigenvalue weighted by Gasteiger charge is -2.32. The lowest BCUT2D eigenvalue weighted by Crippen LogP contribution is -2.53. The molecule has 0 bridgehead atoms. The minimum atomic E-state index is -3.91. The molecule has 1 fully saturated rings. The fraction of sp³-hybridized carbons (Fsp3) is 0.500. The standard InChI is InChI=1S/C20H27F2N5O4S2/c1-12-10-23-7-8-27(12)33(29,30)26-17-9-18(31-14(3)13(2)28)25-20(24-17)32-11-15-5-4-6-16(21)19(15)22/h4-6,9,12-14,23,28H,7-8,10-11H2,1-3H3,(H,24,25,26)/t12-,13+,14+/m0/s1. The van der Waals surface area contributed by atoms with Crippen LogP contribution in [-0.2, 0) is 16.0 Å². The Hall–Kier alpha value is -2.06. The Kier molecular flexibility index (Phi) is 8.45. The van der Waals surface area contributed by atoms with Crippen molar-refractivity contribution in [2.24, 2.45) is 0 Å². The minimum Gasteiger partial charge on any atom is -0.472 e. The molecule has 3 rings (SSSR count). The summed E-state index contributed by atoms with van der Waals surface area (Å²) in [7, 11) is -3.91. The highest BCUT2D eigenvalue weighted by Gasteiger charge is 2.30. The van der Waals surface area contributed by atoms with E-state index in [4.69, 9.17) is 4.74 Å². The van der Waals surface area contributed by atoms with Crippen LogP contribution < -0.4 is 14.8 Å². The molecule has 0 aliphatic carbocycles. The summed E-state index contributed by atoms with van der Waals surface area (Å²) in [4.78, 5) is 8.44. The maximum Gasteiger partial charge on any atom is 0.303 e. The maximum absolute atomic E-state index is 14.0. The van der Waals surface area contributed by atoms with E-state index in [1.165, 1.54) is 22.5 Å². The molecule has 0 saturated carbocycles. The zero-order chi connectivity index (χ0) is 24.2. The number of piperazine rings is 1. The quantitative estimate of drug-likeness (QED) is 0.352. The second-order valence-electron chi connectivity index (χ2n) is 7.71. The lowest BCUT2D eigenvalue weighted by atomic mass is 10.2. The van der Waals surface area contributed by atoms with E-state index >= 15 is 0 Å². The molecule has 13 heteroatoms. The van der Waals surface area contributed by atoms with E-state index in [-0.39, 0.29) is 34.2 Å². The number of halogens is 2. The summed E-state index contributed by atoms with van der Waals surface area (Å²) in [5.74, 6) is -1.92. The summed E-state index contributed by atoms with van der Waals surface area (Å²) >= 11 is 0.993. The molecule has 1 aromatic carbocycles. The molecule has 1 aromatic heterocycles. The predicted octanol–water partition coefficient (Wildman–Crippen LogP) is 2.15. The van der Waals surface area contributed by atoms with Crippen molar-refractivity contribution in [3.63, 3.8) is 0 Å². The summed E-state index contributed by atoms with van der Waals surface area (Å²) < 4.78 is 62.8. The van der Waals surface area contributed by atoms with Gasteiger partial charge in [-0.3, -0.25) is 4.72 Å². The zero-order valence-corrected chi connectivity index (χ0v) is 20.1. The highest BCUT2D eigenvalue weighted by molar-refractivity contribution is 7.98. The Morgan fingerprint density at radius 1 is 1.36 bits per heavy atom. The molecule has 1 saturated heterocycles. The van der Waals surface area contributed by atoms with Crippen molar-refractivity contribution >= 4 is 27.8 Å². The van der Waals surface area contributed by atoms with Crippen LogP contribution in [0.3, 0.4) is 0 Å². The average molecular weight is 504 g/mol. The van der Waals surface area contributed by atoms with Gasteiger partial charge in [0.2, 0.25) is 5.88 Å². The second-order valence-corrected chi connectivity index (χ2v) is 10.3. The van der Waals surface area contributed by atoms with Crippen molar-refractivity contribution in [3.8, 4) is 5.88 Å². The van der Waals surface area contributed by atoms with Gasteiger partial charge < -0.3 is 15.2 Å². The Morgan fingerprint density at radius 2 is 2.12 bits per heavy atom. The smallest absolute Gasteiger partial charge is 0.303 e. The van der Waals surface area contributed by atoms with Crippen LogP contribution in [0, 0.1) is 11.6 Å². The van der Waals surface area contributed by atoms with Crippen molar-refractivity contribution in [1.82, 2.24) is 19.6 Å². The highest BCUT2D eigenvalue weighted by atomic mass is 32.2. The zero-order valence-electron chi connectivity index (χ0n) is 18.5. The molecular weight excluding hydrogens is 476 g/mol. The molecule has 1 aliphatic rings. The van der Waals surface area contributed by atoms with E-state index in [1.54, 1.807) is 20.8 Å². The second kappa shape index (κ2) is 10.9. The predicted molar refractivity (Wildman–Crippen MR) is 121 cm³/mol. The van der Waals surface area contributed by atoms with Crippen LogP contribution in [-0.4, -0.2) is 65.7 Å².